The molecule has 1 aromatic heterocycles. The maximum Gasteiger partial charge on any atom is 0.324 e. The molecule has 0 radical (unpaired) electrons. The molecule has 0 atom stereocenters. The summed E-state index contributed by atoms with van der Waals surface area (Å²) in [7, 11) is 3.95. The van der Waals surface area contributed by atoms with Crippen molar-refractivity contribution in [3.05, 3.63) is 66.1 Å². The van der Waals surface area contributed by atoms with Crippen LogP contribution in [0.5, 0.6) is 0 Å². The summed E-state index contributed by atoms with van der Waals surface area (Å²) in [6, 6.07) is 16.5. The first-order chi connectivity index (χ1) is 15.4. The summed E-state index contributed by atoms with van der Waals surface area (Å²) < 4.78 is 30.4. The molecule has 0 saturated carbocycles. The van der Waals surface area contributed by atoms with E-state index >= 15 is 0 Å². The Morgan fingerprint density at radius 1 is 1.00 bits per heavy atom. The third kappa shape index (κ3) is 5.88. The number of anilines is 1. The van der Waals surface area contributed by atoms with Crippen molar-refractivity contribution < 1.29 is 18.0 Å². The third-order valence-corrected chi connectivity index (χ3v) is 4.94. The summed E-state index contributed by atoms with van der Waals surface area (Å²) >= 11 is 0. The average Bonchev–Trinajstić information content (AvgIpc) is 3.29. The zero-order valence-corrected chi connectivity index (χ0v) is 18.4. The first kappa shape index (κ1) is 23.3. The Kier molecular flexibility index (Phi) is 7.88. The molecule has 0 aliphatic rings. The largest absolute Gasteiger partial charge is 0.415 e. The molecule has 0 saturated heterocycles. The van der Waals surface area contributed by atoms with Gasteiger partial charge in [-0.3, -0.25) is 4.90 Å². The number of urea groups is 1. The van der Waals surface area contributed by atoms with Crippen molar-refractivity contribution in [3.8, 4) is 11.5 Å². The van der Waals surface area contributed by atoms with Crippen molar-refractivity contribution in [1.29, 1.82) is 0 Å². The van der Waals surface area contributed by atoms with Crippen LogP contribution in [0.3, 0.4) is 0 Å². The van der Waals surface area contributed by atoms with E-state index in [0.717, 1.165) is 17.8 Å². The number of carbonyl (C=O) groups is 1. The Hall–Kier alpha value is -3.33. The van der Waals surface area contributed by atoms with E-state index in [4.69, 9.17) is 4.42 Å². The van der Waals surface area contributed by atoms with Crippen LogP contribution < -0.4 is 4.90 Å². The van der Waals surface area contributed by atoms with Gasteiger partial charge in [0.15, 0.2) is 0 Å². The number of hydrogen-bond acceptors (Lipinski definition) is 5. The van der Waals surface area contributed by atoms with Crippen LogP contribution in [-0.4, -0.2) is 59.8 Å². The van der Waals surface area contributed by atoms with Crippen LogP contribution in [0.4, 0.5) is 19.3 Å². The SMILES string of the molecule is CCN(CCN(C)C)C(=O)N(Cc1ccc(-c2nnc(C(F)F)o2)cc1)c1ccccc1. The number of aromatic nitrogens is 2. The van der Waals surface area contributed by atoms with Crippen LogP contribution in [0, 0.1) is 0 Å². The Labute approximate surface area is 186 Å². The molecule has 2 aromatic carbocycles. The number of likely N-dealkylation sites (N-methyl/N-ethyl adjacent to an activating group) is 2. The molecule has 7 nitrogen and oxygen atoms in total. The molecular formula is C23H27F2N5O2. The highest BCUT2D eigenvalue weighted by Gasteiger charge is 2.22. The summed E-state index contributed by atoms with van der Waals surface area (Å²) in [5.74, 6) is -0.675. The quantitative estimate of drug-likeness (QED) is 0.480. The predicted octanol–water partition coefficient (Wildman–Crippen LogP) is 4.68. The molecule has 2 amide bonds. The fraction of sp³-hybridized carbons (Fsp3) is 0.348. The minimum absolute atomic E-state index is 0.0312. The lowest BCUT2D eigenvalue weighted by atomic mass is 10.1. The lowest BCUT2D eigenvalue weighted by Gasteiger charge is -2.31. The van der Waals surface area contributed by atoms with Crippen molar-refractivity contribution in [1.82, 2.24) is 20.0 Å². The van der Waals surface area contributed by atoms with Gasteiger partial charge in [-0.05, 0) is 50.8 Å². The van der Waals surface area contributed by atoms with Crippen LogP contribution in [0.1, 0.15) is 24.8 Å². The number of rotatable bonds is 9. The second kappa shape index (κ2) is 10.8. The Bertz CT molecular complexity index is 993. The molecule has 3 aromatic rings. The Balaban J connectivity index is 1.80. The van der Waals surface area contributed by atoms with E-state index in [9.17, 15) is 13.6 Å². The third-order valence-electron chi connectivity index (χ3n) is 4.94. The number of benzene rings is 2. The summed E-state index contributed by atoms with van der Waals surface area (Å²) in [4.78, 5) is 19.0. The van der Waals surface area contributed by atoms with Gasteiger partial charge in [-0.15, -0.1) is 10.2 Å². The maximum atomic E-state index is 13.4. The van der Waals surface area contributed by atoms with Crippen LogP contribution in [0.15, 0.2) is 59.0 Å². The molecule has 32 heavy (non-hydrogen) atoms. The molecule has 0 aliphatic heterocycles. The molecular weight excluding hydrogens is 416 g/mol. The number of hydrogen-bond donors (Lipinski definition) is 0. The van der Waals surface area contributed by atoms with Crippen molar-refractivity contribution in [2.75, 3.05) is 38.6 Å². The number of halogens is 2. The maximum absolute atomic E-state index is 13.4. The molecule has 0 spiro atoms. The van der Waals surface area contributed by atoms with Gasteiger partial charge in [-0.2, -0.15) is 8.78 Å². The number of alkyl halides is 2. The number of carbonyl (C=O) groups excluding carboxylic acids is 1. The fourth-order valence-electron chi connectivity index (χ4n) is 3.13. The lowest BCUT2D eigenvalue weighted by Crippen LogP contribution is -2.45. The van der Waals surface area contributed by atoms with Crippen LogP contribution >= 0.6 is 0 Å². The average molecular weight is 443 g/mol. The highest BCUT2D eigenvalue weighted by Crippen LogP contribution is 2.25. The number of para-hydroxylation sites is 1. The minimum atomic E-state index is -2.81. The van der Waals surface area contributed by atoms with E-state index in [-0.39, 0.29) is 11.9 Å². The molecule has 9 heteroatoms. The summed E-state index contributed by atoms with van der Waals surface area (Å²) in [6.07, 6.45) is -2.81. The van der Waals surface area contributed by atoms with Crippen molar-refractivity contribution in [2.24, 2.45) is 0 Å². The molecule has 0 unspecified atom stereocenters. The predicted molar refractivity (Wildman–Crippen MR) is 119 cm³/mol. The van der Waals surface area contributed by atoms with Gasteiger partial charge in [0.2, 0.25) is 5.89 Å². The molecule has 3 rings (SSSR count). The van der Waals surface area contributed by atoms with Crippen molar-refractivity contribution in [2.45, 2.75) is 19.9 Å². The standard InChI is InChI=1S/C23H27F2N5O2/c1-4-29(15-14-28(2)3)23(31)30(19-8-6-5-7-9-19)16-17-10-12-18(13-11-17)21-26-27-22(32-21)20(24)25/h5-13,20H,4,14-16H2,1-3H3. The molecule has 0 fully saturated rings. The van der Waals surface area contributed by atoms with Crippen LogP contribution in [0.2, 0.25) is 0 Å². The van der Waals surface area contributed by atoms with Crippen molar-refractivity contribution >= 4 is 11.7 Å². The smallest absolute Gasteiger partial charge is 0.324 e. The first-order valence-corrected chi connectivity index (χ1v) is 10.4. The zero-order valence-electron chi connectivity index (χ0n) is 18.4. The fourth-order valence-corrected chi connectivity index (χ4v) is 3.13. The van der Waals surface area contributed by atoms with E-state index in [1.807, 2.05) is 73.3 Å². The summed E-state index contributed by atoms with van der Waals surface area (Å²) in [5, 5.41) is 7.03. The Morgan fingerprint density at radius 2 is 1.69 bits per heavy atom. The van der Waals surface area contributed by atoms with E-state index in [2.05, 4.69) is 10.2 Å². The monoisotopic (exact) mass is 443 g/mol. The topological polar surface area (TPSA) is 65.7 Å². The van der Waals surface area contributed by atoms with Crippen molar-refractivity contribution in [3.63, 3.8) is 0 Å². The molecule has 0 N–H and O–H groups in total. The second-order valence-electron chi connectivity index (χ2n) is 7.53. The minimum Gasteiger partial charge on any atom is -0.415 e. The van der Waals surface area contributed by atoms with Crippen LogP contribution in [0.25, 0.3) is 11.5 Å². The van der Waals surface area contributed by atoms with Gasteiger partial charge in [0, 0.05) is 30.9 Å². The van der Waals surface area contributed by atoms with Gasteiger partial charge in [-0.25, -0.2) is 4.79 Å². The second-order valence-corrected chi connectivity index (χ2v) is 7.53. The molecule has 170 valence electrons. The normalized spacial score (nSPS) is 11.2. The highest BCUT2D eigenvalue weighted by atomic mass is 19.3. The van der Waals surface area contributed by atoms with Gasteiger partial charge in [0.05, 0.1) is 6.54 Å². The van der Waals surface area contributed by atoms with Gasteiger partial charge in [0.25, 0.3) is 5.89 Å². The van der Waals surface area contributed by atoms with Crippen LogP contribution in [-0.2, 0) is 6.54 Å². The summed E-state index contributed by atoms with van der Waals surface area (Å²) in [6.45, 7) is 4.30. The van der Waals surface area contributed by atoms with Gasteiger partial charge >= 0.3 is 12.5 Å². The van der Waals surface area contributed by atoms with E-state index in [0.29, 0.717) is 25.2 Å². The Morgan fingerprint density at radius 3 is 2.25 bits per heavy atom. The van der Waals surface area contributed by atoms with E-state index in [1.165, 1.54) is 0 Å². The van der Waals surface area contributed by atoms with Gasteiger partial charge < -0.3 is 14.2 Å². The number of nitrogens with zero attached hydrogens (tertiary/aromatic N) is 5. The molecule has 1 heterocycles. The van der Waals surface area contributed by atoms with Gasteiger partial charge in [0.1, 0.15) is 0 Å². The lowest BCUT2D eigenvalue weighted by molar-refractivity contribution is 0.116. The van der Waals surface area contributed by atoms with E-state index in [1.54, 1.807) is 17.0 Å². The summed E-state index contributed by atoms with van der Waals surface area (Å²) in [5.41, 5.74) is 2.21. The highest BCUT2D eigenvalue weighted by molar-refractivity contribution is 5.92. The van der Waals surface area contributed by atoms with E-state index < -0.39 is 12.3 Å². The molecule has 0 aliphatic carbocycles. The molecule has 0 bridgehead atoms. The zero-order chi connectivity index (χ0) is 23.1. The number of amides is 2. The first-order valence-electron chi connectivity index (χ1n) is 10.4. The van der Waals surface area contributed by atoms with Gasteiger partial charge in [-0.1, -0.05) is 30.3 Å².